The van der Waals surface area contributed by atoms with Crippen molar-refractivity contribution in [2.75, 3.05) is 11.9 Å². The third kappa shape index (κ3) is 4.73. The van der Waals surface area contributed by atoms with Gasteiger partial charge in [0.1, 0.15) is 5.75 Å². The van der Waals surface area contributed by atoms with Crippen molar-refractivity contribution in [2.24, 2.45) is 10.1 Å². The Hall–Kier alpha value is -3.49. The van der Waals surface area contributed by atoms with Crippen molar-refractivity contribution < 1.29 is 9.53 Å². The zero-order chi connectivity index (χ0) is 23.7. The van der Waals surface area contributed by atoms with Gasteiger partial charge in [-0.3, -0.25) is 4.79 Å². The summed E-state index contributed by atoms with van der Waals surface area (Å²) in [6.07, 6.45) is 1.86. The Kier molecular flexibility index (Phi) is 6.17. The number of nitrogens with one attached hydrogen (secondary N) is 1. The Morgan fingerprint density at radius 2 is 1.94 bits per heavy atom. The summed E-state index contributed by atoms with van der Waals surface area (Å²) >= 11 is 3.21. The van der Waals surface area contributed by atoms with E-state index in [0.29, 0.717) is 17.4 Å². The smallest absolute Gasteiger partial charge is 0.262 e. The van der Waals surface area contributed by atoms with Crippen LogP contribution < -0.4 is 14.9 Å². The van der Waals surface area contributed by atoms with Gasteiger partial charge in [-0.1, -0.05) is 26.0 Å². The van der Waals surface area contributed by atoms with E-state index in [1.54, 1.807) is 11.3 Å². The molecule has 0 bridgehead atoms. The van der Waals surface area contributed by atoms with Gasteiger partial charge in [-0.25, -0.2) is 9.67 Å². The van der Waals surface area contributed by atoms with Gasteiger partial charge in [0.2, 0.25) is 4.80 Å². The van der Waals surface area contributed by atoms with Crippen LogP contribution in [0.15, 0.2) is 70.1 Å². The van der Waals surface area contributed by atoms with Crippen LogP contribution >= 0.6 is 22.7 Å². The molecule has 0 unspecified atom stereocenters. The van der Waals surface area contributed by atoms with Crippen molar-refractivity contribution >= 4 is 46.2 Å². The number of fused-ring (bicyclic) bond motifs is 1. The normalized spacial score (nSPS) is 13.9. The SMILES string of the molecule is Cc1ccc(C=Nn2c(-c3ccc4c(c3)NC(=O)CO4)csc2=Nc2ccc(C(C)C)cc2)s1. The molecule has 8 heteroatoms. The Morgan fingerprint density at radius 1 is 1.12 bits per heavy atom. The fourth-order valence-electron chi connectivity index (χ4n) is 3.61. The minimum Gasteiger partial charge on any atom is -0.482 e. The Morgan fingerprint density at radius 3 is 2.68 bits per heavy atom. The van der Waals surface area contributed by atoms with Gasteiger partial charge >= 0.3 is 0 Å². The fraction of sp³-hybridized carbons (Fsp3) is 0.192. The van der Waals surface area contributed by atoms with E-state index in [9.17, 15) is 4.79 Å². The Labute approximate surface area is 205 Å². The van der Waals surface area contributed by atoms with E-state index in [1.807, 2.05) is 46.6 Å². The minimum atomic E-state index is -0.158. The number of carbonyl (C=O) groups is 1. The maximum absolute atomic E-state index is 11.8. The van der Waals surface area contributed by atoms with Crippen LogP contribution in [0.25, 0.3) is 11.3 Å². The topological polar surface area (TPSA) is 68.0 Å². The van der Waals surface area contributed by atoms with Crippen LogP contribution in [-0.2, 0) is 4.79 Å². The molecule has 0 saturated heterocycles. The van der Waals surface area contributed by atoms with Crippen LogP contribution in [0.5, 0.6) is 5.75 Å². The van der Waals surface area contributed by atoms with Gasteiger partial charge in [0, 0.05) is 20.7 Å². The first-order valence-corrected chi connectivity index (χ1v) is 12.7. The number of thiazole rings is 1. The van der Waals surface area contributed by atoms with E-state index in [0.717, 1.165) is 26.6 Å². The average molecular weight is 489 g/mol. The Balaban J connectivity index is 1.59. The number of aromatic nitrogens is 1. The summed E-state index contributed by atoms with van der Waals surface area (Å²) < 4.78 is 7.36. The van der Waals surface area contributed by atoms with Crippen LogP contribution in [0.3, 0.4) is 0 Å². The molecule has 1 aliphatic rings. The van der Waals surface area contributed by atoms with Gasteiger partial charge in [0.15, 0.2) is 6.61 Å². The molecule has 0 saturated carbocycles. The number of anilines is 1. The molecule has 0 atom stereocenters. The zero-order valence-corrected chi connectivity index (χ0v) is 20.7. The molecular formula is C26H24N4O2S2. The molecule has 0 spiro atoms. The van der Waals surface area contributed by atoms with E-state index in [1.165, 1.54) is 21.8 Å². The van der Waals surface area contributed by atoms with E-state index in [4.69, 9.17) is 14.8 Å². The number of hydrogen-bond acceptors (Lipinski definition) is 6. The second-order valence-electron chi connectivity index (χ2n) is 8.31. The highest BCUT2D eigenvalue weighted by atomic mass is 32.1. The van der Waals surface area contributed by atoms with E-state index in [-0.39, 0.29) is 12.5 Å². The summed E-state index contributed by atoms with van der Waals surface area (Å²) in [4.78, 5) is 19.7. The van der Waals surface area contributed by atoms with Crippen molar-refractivity contribution in [2.45, 2.75) is 26.7 Å². The van der Waals surface area contributed by atoms with Crippen LogP contribution in [-0.4, -0.2) is 23.4 Å². The van der Waals surface area contributed by atoms with Gasteiger partial charge in [-0.15, -0.1) is 22.7 Å². The average Bonchev–Trinajstić information content (AvgIpc) is 3.43. The van der Waals surface area contributed by atoms with E-state index < -0.39 is 0 Å². The fourth-order valence-corrected chi connectivity index (χ4v) is 5.21. The number of rotatable bonds is 5. The van der Waals surface area contributed by atoms with Gasteiger partial charge in [0.25, 0.3) is 5.91 Å². The lowest BCUT2D eigenvalue weighted by Crippen LogP contribution is -2.25. The molecule has 34 heavy (non-hydrogen) atoms. The van der Waals surface area contributed by atoms with Crippen LogP contribution in [0, 0.1) is 6.92 Å². The summed E-state index contributed by atoms with van der Waals surface area (Å²) in [6.45, 7) is 6.47. The lowest BCUT2D eigenvalue weighted by molar-refractivity contribution is -0.118. The summed E-state index contributed by atoms with van der Waals surface area (Å²) in [5.41, 5.74) is 4.61. The summed E-state index contributed by atoms with van der Waals surface area (Å²) in [5, 5.41) is 9.71. The Bertz CT molecular complexity index is 1440. The first kappa shape index (κ1) is 22.3. The molecule has 2 aromatic heterocycles. The molecule has 1 amide bonds. The molecule has 2 aromatic carbocycles. The number of amides is 1. The number of thiophene rings is 1. The van der Waals surface area contributed by atoms with Gasteiger partial charge in [-0.2, -0.15) is 5.10 Å². The van der Waals surface area contributed by atoms with Crippen molar-refractivity contribution in [3.05, 3.63) is 80.1 Å². The molecule has 1 N–H and O–H groups in total. The summed E-state index contributed by atoms with van der Waals surface area (Å²) in [5.74, 6) is 0.979. The van der Waals surface area contributed by atoms with Crippen LogP contribution in [0.2, 0.25) is 0 Å². The number of aryl methyl sites for hydroxylation is 1. The molecule has 1 aliphatic heterocycles. The molecular weight excluding hydrogens is 464 g/mol. The highest BCUT2D eigenvalue weighted by Gasteiger charge is 2.18. The van der Waals surface area contributed by atoms with E-state index in [2.05, 4.69) is 50.4 Å². The van der Waals surface area contributed by atoms with Crippen molar-refractivity contribution in [1.29, 1.82) is 0 Å². The highest BCUT2D eigenvalue weighted by Crippen LogP contribution is 2.33. The number of benzene rings is 2. The predicted octanol–water partition coefficient (Wildman–Crippen LogP) is 6.16. The van der Waals surface area contributed by atoms with Crippen molar-refractivity contribution in [3.8, 4) is 17.0 Å². The molecule has 6 nitrogen and oxygen atoms in total. The van der Waals surface area contributed by atoms with Crippen LogP contribution in [0.1, 0.15) is 35.1 Å². The first-order valence-electron chi connectivity index (χ1n) is 11.0. The molecule has 172 valence electrons. The molecule has 0 radical (unpaired) electrons. The quantitative estimate of drug-likeness (QED) is 0.342. The lowest BCUT2D eigenvalue weighted by atomic mass is 10.0. The standard InChI is InChI=1S/C26H24N4O2S2/c1-16(2)18-5-8-20(9-6-18)28-26-30(27-13-21-10-4-17(3)34-21)23(15-33-26)19-7-11-24-22(12-19)29-25(31)14-32-24/h4-13,15-16H,14H2,1-3H3,(H,29,31). The maximum Gasteiger partial charge on any atom is 0.262 e. The third-order valence-electron chi connectivity index (χ3n) is 5.44. The number of ether oxygens (including phenoxy) is 1. The molecule has 0 aliphatic carbocycles. The van der Waals surface area contributed by atoms with Gasteiger partial charge in [0.05, 0.1) is 23.3 Å². The second kappa shape index (κ2) is 9.40. The first-order chi connectivity index (χ1) is 16.5. The molecule has 3 heterocycles. The van der Waals surface area contributed by atoms with Crippen molar-refractivity contribution in [1.82, 2.24) is 4.68 Å². The van der Waals surface area contributed by atoms with Crippen LogP contribution in [0.4, 0.5) is 11.4 Å². The zero-order valence-electron chi connectivity index (χ0n) is 19.1. The number of carbonyl (C=O) groups excluding carboxylic acids is 1. The molecule has 4 aromatic rings. The highest BCUT2D eigenvalue weighted by molar-refractivity contribution is 7.13. The second-order valence-corrected chi connectivity index (χ2v) is 10.5. The van der Waals surface area contributed by atoms with E-state index >= 15 is 0 Å². The maximum atomic E-state index is 11.8. The molecule has 0 fully saturated rings. The van der Waals surface area contributed by atoms with Gasteiger partial charge < -0.3 is 10.1 Å². The number of hydrogen-bond donors (Lipinski definition) is 1. The summed E-state index contributed by atoms with van der Waals surface area (Å²) in [7, 11) is 0. The number of nitrogens with zero attached hydrogens (tertiary/aromatic N) is 3. The third-order valence-corrected chi connectivity index (χ3v) is 7.19. The minimum absolute atomic E-state index is 0.0357. The summed E-state index contributed by atoms with van der Waals surface area (Å²) in [6, 6.07) is 18.2. The molecule has 5 rings (SSSR count). The predicted molar refractivity (Wildman–Crippen MR) is 140 cm³/mol. The largest absolute Gasteiger partial charge is 0.482 e. The monoisotopic (exact) mass is 488 g/mol. The van der Waals surface area contributed by atoms with Gasteiger partial charge in [-0.05, 0) is 60.9 Å². The lowest BCUT2D eigenvalue weighted by Gasteiger charge is -2.18. The van der Waals surface area contributed by atoms with Crippen molar-refractivity contribution in [3.63, 3.8) is 0 Å².